The van der Waals surface area contributed by atoms with E-state index in [0.29, 0.717) is 5.06 Å². The van der Waals surface area contributed by atoms with Crippen LogP contribution in [0, 0.1) is 5.92 Å². The first kappa shape index (κ1) is 16.5. The van der Waals surface area contributed by atoms with E-state index < -0.39 is 19.1 Å². The number of hydroxylamine groups is 2. The highest BCUT2D eigenvalue weighted by Gasteiger charge is 2.22. The standard InChI is InChI=1S/C9H21N2O5P/c1-7(2)4-8(12)11(14)6-10-5-9(13)17(3,15)16/h7,9-10,13-14H,4-6H2,1-3H3,(H,15,16). The quantitative estimate of drug-likeness (QED) is 0.224. The number of aliphatic hydroxyl groups is 1. The molecular weight excluding hydrogens is 247 g/mol. The van der Waals surface area contributed by atoms with E-state index in [1.165, 1.54) is 0 Å². The van der Waals surface area contributed by atoms with Crippen LogP contribution in [0.15, 0.2) is 0 Å². The molecule has 2 atom stereocenters. The van der Waals surface area contributed by atoms with Crippen molar-refractivity contribution in [3.05, 3.63) is 0 Å². The predicted molar refractivity (Wildman–Crippen MR) is 62.7 cm³/mol. The maximum absolute atomic E-state index is 11.3. The Labute approximate surface area is 101 Å². The van der Waals surface area contributed by atoms with Crippen LogP contribution in [0.5, 0.6) is 0 Å². The van der Waals surface area contributed by atoms with Crippen LogP contribution in [-0.2, 0) is 9.36 Å². The van der Waals surface area contributed by atoms with Crippen LogP contribution >= 0.6 is 7.37 Å². The molecule has 0 rings (SSSR count). The van der Waals surface area contributed by atoms with Crippen molar-refractivity contribution >= 4 is 13.3 Å². The molecule has 0 aromatic carbocycles. The van der Waals surface area contributed by atoms with Gasteiger partial charge >= 0.3 is 0 Å². The van der Waals surface area contributed by atoms with Crippen molar-refractivity contribution in [3.63, 3.8) is 0 Å². The molecule has 0 spiro atoms. The summed E-state index contributed by atoms with van der Waals surface area (Å²) in [5, 5.41) is 21.5. The Kier molecular flexibility index (Phi) is 6.89. The Morgan fingerprint density at radius 3 is 2.41 bits per heavy atom. The van der Waals surface area contributed by atoms with Gasteiger partial charge in [-0.15, -0.1) is 0 Å². The van der Waals surface area contributed by atoms with Crippen molar-refractivity contribution in [3.8, 4) is 0 Å². The first-order chi connectivity index (χ1) is 7.64. The van der Waals surface area contributed by atoms with E-state index in [9.17, 15) is 19.7 Å². The molecule has 0 aromatic heterocycles. The molecule has 4 N–H and O–H groups in total. The number of nitrogens with one attached hydrogen (secondary N) is 1. The van der Waals surface area contributed by atoms with Crippen LogP contribution in [-0.4, -0.2) is 51.9 Å². The fourth-order valence-electron chi connectivity index (χ4n) is 1.01. The zero-order valence-corrected chi connectivity index (χ0v) is 11.2. The molecule has 0 fully saturated rings. The van der Waals surface area contributed by atoms with E-state index in [0.717, 1.165) is 6.66 Å². The fraction of sp³-hybridized carbons (Fsp3) is 0.889. The molecule has 0 saturated carbocycles. The molecule has 0 aromatic rings. The van der Waals surface area contributed by atoms with Gasteiger partial charge in [-0.1, -0.05) is 13.8 Å². The summed E-state index contributed by atoms with van der Waals surface area (Å²) in [4.78, 5) is 20.3. The van der Waals surface area contributed by atoms with Gasteiger partial charge in [0.05, 0.1) is 6.67 Å². The van der Waals surface area contributed by atoms with E-state index in [-0.39, 0.29) is 25.6 Å². The summed E-state index contributed by atoms with van der Waals surface area (Å²) in [6.45, 7) is 4.38. The molecule has 7 nitrogen and oxygen atoms in total. The second kappa shape index (κ2) is 7.08. The summed E-state index contributed by atoms with van der Waals surface area (Å²) in [6, 6.07) is 0. The van der Waals surface area contributed by atoms with Crippen molar-refractivity contribution in [2.24, 2.45) is 5.92 Å². The number of aliphatic hydroxyl groups excluding tert-OH is 1. The topological polar surface area (TPSA) is 110 Å². The van der Waals surface area contributed by atoms with Crippen molar-refractivity contribution in [1.29, 1.82) is 0 Å². The molecular formula is C9H21N2O5P. The lowest BCUT2D eigenvalue weighted by molar-refractivity contribution is -0.167. The zero-order valence-electron chi connectivity index (χ0n) is 10.3. The summed E-state index contributed by atoms with van der Waals surface area (Å²) in [6.07, 6.45) is 0.215. The molecule has 0 aliphatic rings. The molecule has 17 heavy (non-hydrogen) atoms. The normalized spacial score (nSPS) is 16.6. The predicted octanol–water partition coefficient (Wildman–Crippen LogP) is 0.0160. The number of hydrogen-bond donors (Lipinski definition) is 4. The van der Waals surface area contributed by atoms with Crippen molar-refractivity contribution in [2.45, 2.75) is 26.1 Å². The maximum Gasteiger partial charge on any atom is 0.247 e. The highest BCUT2D eigenvalue weighted by molar-refractivity contribution is 7.57. The minimum absolute atomic E-state index is 0.135. The molecule has 1 amide bonds. The monoisotopic (exact) mass is 268 g/mol. The minimum Gasteiger partial charge on any atom is -0.382 e. The lowest BCUT2D eigenvalue weighted by Gasteiger charge is -2.19. The van der Waals surface area contributed by atoms with Crippen LogP contribution in [0.1, 0.15) is 20.3 Å². The van der Waals surface area contributed by atoms with Gasteiger partial charge in [0.25, 0.3) is 0 Å². The third-order valence-electron chi connectivity index (χ3n) is 2.01. The van der Waals surface area contributed by atoms with Gasteiger partial charge in [0.1, 0.15) is 5.85 Å². The summed E-state index contributed by atoms with van der Waals surface area (Å²) in [5.74, 6) is -1.71. The molecule has 0 bridgehead atoms. The van der Waals surface area contributed by atoms with Crippen molar-refractivity contribution in [2.75, 3.05) is 19.9 Å². The lowest BCUT2D eigenvalue weighted by atomic mass is 10.1. The first-order valence-electron chi connectivity index (χ1n) is 5.32. The number of carbonyl (C=O) groups excluding carboxylic acids is 1. The van der Waals surface area contributed by atoms with E-state index in [2.05, 4.69) is 5.32 Å². The van der Waals surface area contributed by atoms with Gasteiger partial charge < -0.3 is 10.00 Å². The summed E-state index contributed by atoms with van der Waals surface area (Å²) in [7, 11) is -3.56. The van der Waals surface area contributed by atoms with Crippen molar-refractivity contribution < 1.29 is 24.6 Å². The largest absolute Gasteiger partial charge is 0.382 e. The molecule has 102 valence electrons. The molecule has 0 saturated heterocycles. The summed E-state index contributed by atoms with van der Waals surface area (Å²) < 4.78 is 11.0. The van der Waals surface area contributed by atoms with E-state index in [1.807, 2.05) is 13.8 Å². The average molecular weight is 268 g/mol. The first-order valence-corrected chi connectivity index (χ1v) is 7.50. The van der Waals surface area contributed by atoms with Gasteiger partial charge in [-0.3, -0.25) is 19.9 Å². The van der Waals surface area contributed by atoms with Gasteiger partial charge in [0, 0.05) is 19.6 Å². The maximum atomic E-state index is 11.3. The SMILES string of the molecule is CC(C)CC(=O)N(O)CNCC(O)P(C)(=O)O. The third kappa shape index (κ3) is 7.46. The van der Waals surface area contributed by atoms with Crippen LogP contribution in [0.4, 0.5) is 0 Å². The van der Waals surface area contributed by atoms with E-state index in [4.69, 9.17) is 4.89 Å². The minimum atomic E-state index is -3.56. The Morgan fingerprint density at radius 1 is 1.47 bits per heavy atom. The summed E-state index contributed by atoms with van der Waals surface area (Å²) >= 11 is 0. The van der Waals surface area contributed by atoms with E-state index >= 15 is 0 Å². The number of carbonyl (C=O) groups is 1. The van der Waals surface area contributed by atoms with Crippen LogP contribution in [0.25, 0.3) is 0 Å². The highest BCUT2D eigenvalue weighted by Crippen LogP contribution is 2.39. The van der Waals surface area contributed by atoms with Gasteiger partial charge in [0.2, 0.25) is 13.3 Å². The van der Waals surface area contributed by atoms with Gasteiger partial charge in [-0.25, -0.2) is 5.06 Å². The molecule has 2 unspecified atom stereocenters. The second-order valence-electron chi connectivity index (χ2n) is 4.43. The van der Waals surface area contributed by atoms with E-state index in [1.54, 1.807) is 0 Å². The fourth-order valence-corrected chi connectivity index (χ4v) is 1.48. The van der Waals surface area contributed by atoms with Gasteiger partial charge in [-0.05, 0) is 5.92 Å². The third-order valence-corrected chi connectivity index (χ3v) is 3.30. The number of rotatable bonds is 7. The number of amides is 1. The van der Waals surface area contributed by atoms with Gasteiger partial charge in [-0.2, -0.15) is 0 Å². The van der Waals surface area contributed by atoms with Crippen LogP contribution in [0.3, 0.4) is 0 Å². The Hall–Kier alpha value is -0.460. The molecule has 0 aliphatic carbocycles. The molecule has 0 radical (unpaired) electrons. The second-order valence-corrected chi connectivity index (χ2v) is 6.91. The smallest absolute Gasteiger partial charge is 0.247 e. The zero-order chi connectivity index (χ0) is 13.6. The molecule has 8 heteroatoms. The number of nitrogens with zero attached hydrogens (tertiary/aromatic N) is 1. The highest BCUT2D eigenvalue weighted by atomic mass is 31.2. The average Bonchev–Trinajstić information content (AvgIpc) is 2.14. The van der Waals surface area contributed by atoms with Crippen LogP contribution < -0.4 is 5.32 Å². The Balaban J connectivity index is 3.90. The van der Waals surface area contributed by atoms with Crippen LogP contribution in [0.2, 0.25) is 0 Å². The lowest BCUT2D eigenvalue weighted by Crippen LogP contribution is -2.39. The number of hydrogen-bond acceptors (Lipinski definition) is 5. The van der Waals surface area contributed by atoms with Gasteiger partial charge in [0.15, 0.2) is 0 Å². The Morgan fingerprint density at radius 2 is 2.00 bits per heavy atom. The Bertz CT molecular complexity index is 291. The van der Waals surface area contributed by atoms with Crippen molar-refractivity contribution in [1.82, 2.24) is 10.4 Å². The summed E-state index contributed by atoms with van der Waals surface area (Å²) in [5.41, 5.74) is 0. The molecule has 0 heterocycles. The molecule has 0 aliphatic heterocycles.